The number of aromatic nitrogens is 2. The first kappa shape index (κ1) is 14.1. The molecule has 7 heteroatoms. The molecule has 1 aromatic heterocycles. The van der Waals surface area contributed by atoms with Gasteiger partial charge in [0.1, 0.15) is 6.61 Å². The molecule has 2 rings (SSSR count). The van der Waals surface area contributed by atoms with Gasteiger partial charge in [-0.3, -0.25) is 9.82 Å². The highest BCUT2D eigenvalue weighted by Crippen LogP contribution is 2.17. The molecule has 1 aromatic carbocycles. The number of hydrogen-bond donors (Lipinski definition) is 3. The van der Waals surface area contributed by atoms with Crippen LogP contribution in [0.4, 0.5) is 5.69 Å². The zero-order chi connectivity index (χ0) is 14.6. The summed E-state index contributed by atoms with van der Waals surface area (Å²) in [6.45, 7) is 1.60. The van der Waals surface area contributed by atoms with E-state index in [2.05, 4.69) is 26.8 Å². The number of aliphatic hydroxyl groups excluding tert-OH is 1. The molecule has 2 aromatic rings. The van der Waals surface area contributed by atoms with Crippen molar-refractivity contribution in [1.29, 1.82) is 0 Å². The second-order valence-corrected chi connectivity index (χ2v) is 5.67. The van der Waals surface area contributed by atoms with Gasteiger partial charge in [-0.2, -0.15) is 13.5 Å². The molecule has 6 nitrogen and oxygen atoms in total. The molecule has 0 atom stereocenters. The second-order valence-electron chi connectivity index (χ2n) is 4.02. The molecule has 0 saturated carbocycles. The lowest BCUT2D eigenvalue weighted by atomic mass is 10.1. The Hall–Kier alpha value is -2.30. The van der Waals surface area contributed by atoms with Gasteiger partial charge in [0, 0.05) is 11.3 Å². The van der Waals surface area contributed by atoms with Gasteiger partial charge in [-0.15, -0.1) is 0 Å². The van der Waals surface area contributed by atoms with Gasteiger partial charge in [-0.1, -0.05) is 11.8 Å². The molecular weight excluding hydrogens is 278 g/mol. The third kappa shape index (κ3) is 3.17. The monoisotopic (exact) mass is 291 g/mol. The first-order valence-corrected chi connectivity index (χ1v) is 7.24. The van der Waals surface area contributed by atoms with Crippen molar-refractivity contribution in [3.05, 3.63) is 41.6 Å². The topological polar surface area (TPSA) is 95.1 Å². The maximum absolute atomic E-state index is 12.0. The van der Waals surface area contributed by atoms with Crippen molar-refractivity contribution in [2.45, 2.75) is 11.9 Å². The van der Waals surface area contributed by atoms with Crippen molar-refractivity contribution in [3.63, 3.8) is 0 Å². The molecule has 20 heavy (non-hydrogen) atoms. The lowest BCUT2D eigenvalue weighted by Gasteiger charge is -2.07. The van der Waals surface area contributed by atoms with Crippen molar-refractivity contribution >= 4 is 15.7 Å². The van der Waals surface area contributed by atoms with E-state index < -0.39 is 10.0 Å². The molecule has 0 bridgehead atoms. The molecule has 0 amide bonds. The second kappa shape index (κ2) is 5.77. The van der Waals surface area contributed by atoms with E-state index >= 15 is 0 Å². The maximum atomic E-state index is 12.0. The minimum Gasteiger partial charge on any atom is -0.384 e. The summed E-state index contributed by atoms with van der Waals surface area (Å²) in [4.78, 5) is 0. The van der Waals surface area contributed by atoms with Crippen LogP contribution >= 0.6 is 0 Å². The molecular formula is C13H13N3O3S. The van der Waals surface area contributed by atoms with Crippen LogP contribution in [-0.4, -0.2) is 30.3 Å². The van der Waals surface area contributed by atoms with E-state index in [1.807, 2.05) is 6.92 Å². The number of sulfonamides is 1. The largest absolute Gasteiger partial charge is 0.384 e. The lowest BCUT2D eigenvalue weighted by Crippen LogP contribution is -2.13. The van der Waals surface area contributed by atoms with Gasteiger partial charge in [0.15, 0.2) is 5.03 Å². The number of aryl methyl sites for hydroxylation is 1. The SMILES string of the molecule is Cc1cc(NS(=O)(=O)c2ccn[nH]2)ccc1C#CCO. The van der Waals surface area contributed by atoms with Crippen LogP contribution in [0.5, 0.6) is 0 Å². The number of rotatable bonds is 3. The van der Waals surface area contributed by atoms with Gasteiger partial charge in [0.05, 0.1) is 6.20 Å². The number of anilines is 1. The van der Waals surface area contributed by atoms with E-state index in [1.54, 1.807) is 18.2 Å². The van der Waals surface area contributed by atoms with Gasteiger partial charge in [-0.25, -0.2) is 0 Å². The molecule has 1 heterocycles. The Morgan fingerprint density at radius 1 is 1.40 bits per heavy atom. The number of aromatic amines is 1. The van der Waals surface area contributed by atoms with Crippen LogP contribution in [0.1, 0.15) is 11.1 Å². The van der Waals surface area contributed by atoms with Crippen molar-refractivity contribution < 1.29 is 13.5 Å². The summed E-state index contributed by atoms with van der Waals surface area (Å²) in [6.07, 6.45) is 1.37. The van der Waals surface area contributed by atoms with Gasteiger partial charge >= 0.3 is 0 Å². The predicted molar refractivity (Wildman–Crippen MR) is 74.5 cm³/mol. The van der Waals surface area contributed by atoms with E-state index in [0.717, 1.165) is 11.1 Å². The Morgan fingerprint density at radius 2 is 2.20 bits per heavy atom. The van der Waals surface area contributed by atoms with Crippen molar-refractivity contribution in [2.24, 2.45) is 0 Å². The number of aliphatic hydroxyl groups is 1. The first-order valence-electron chi connectivity index (χ1n) is 5.75. The molecule has 0 radical (unpaired) electrons. The Morgan fingerprint density at radius 3 is 2.80 bits per heavy atom. The van der Waals surface area contributed by atoms with Crippen LogP contribution in [0.15, 0.2) is 35.5 Å². The van der Waals surface area contributed by atoms with Crippen LogP contribution in [0.25, 0.3) is 0 Å². The summed E-state index contributed by atoms with van der Waals surface area (Å²) in [7, 11) is -3.66. The fourth-order valence-corrected chi connectivity index (χ4v) is 2.57. The van der Waals surface area contributed by atoms with Crippen molar-refractivity contribution in [3.8, 4) is 11.8 Å². The summed E-state index contributed by atoms with van der Waals surface area (Å²) in [5, 5.41) is 14.7. The van der Waals surface area contributed by atoms with Crippen LogP contribution in [0.2, 0.25) is 0 Å². The number of hydrogen-bond acceptors (Lipinski definition) is 4. The Kier molecular flexibility index (Phi) is 4.08. The average Bonchev–Trinajstić information content (AvgIpc) is 2.92. The van der Waals surface area contributed by atoms with E-state index in [0.29, 0.717) is 5.69 Å². The fraction of sp³-hybridized carbons (Fsp3) is 0.154. The number of nitrogens with one attached hydrogen (secondary N) is 2. The third-order valence-corrected chi connectivity index (χ3v) is 3.86. The molecule has 0 unspecified atom stereocenters. The van der Waals surface area contributed by atoms with Gasteiger partial charge < -0.3 is 5.11 Å². The normalized spacial score (nSPS) is 10.7. The van der Waals surface area contributed by atoms with Crippen LogP contribution in [0, 0.1) is 18.8 Å². The van der Waals surface area contributed by atoms with Gasteiger partial charge in [-0.05, 0) is 36.8 Å². The van der Waals surface area contributed by atoms with Gasteiger partial charge in [0.2, 0.25) is 0 Å². The molecule has 0 spiro atoms. The minimum absolute atomic E-state index is 0.000647. The number of nitrogens with zero attached hydrogens (tertiary/aromatic N) is 1. The highest BCUT2D eigenvalue weighted by Gasteiger charge is 2.15. The zero-order valence-electron chi connectivity index (χ0n) is 10.7. The van der Waals surface area contributed by atoms with Crippen LogP contribution in [-0.2, 0) is 10.0 Å². The van der Waals surface area contributed by atoms with E-state index in [1.165, 1.54) is 12.3 Å². The lowest BCUT2D eigenvalue weighted by molar-refractivity contribution is 0.350. The summed E-state index contributed by atoms with van der Waals surface area (Å²) in [5.41, 5.74) is 1.99. The Bertz CT molecular complexity index is 756. The fourth-order valence-electron chi connectivity index (χ4n) is 1.61. The first-order chi connectivity index (χ1) is 9.53. The van der Waals surface area contributed by atoms with Crippen molar-refractivity contribution in [2.75, 3.05) is 11.3 Å². The highest BCUT2D eigenvalue weighted by atomic mass is 32.2. The molecule has 0 aliphatic carbocycles. The van der Waals surface area contributed by atoms with E-state index in [-0.39, 0.29) is 11.6 Å². The Balaban J connectivity index is 2.25. The standard InChI is InChI=1S/C13H13N3O3S/c1-10-9-12(5-4-11(10)3-2-8-17)16-20(18,19)13-6-7-14-15-13/h4-7,9,16-17H,8H2,1H3,(H,14,15). The highest BCUT2D eigenvalue weighted by molar-refractivity contribution is 7.92. The predicted octanol–water partition coefficient (Wildman–Crippen LogP) is 0.863. The summed E-state index contributed by atoms with van der Waals surface area (Å²) in [5.74, 6) is 5.34. The number of benzene rings is 1. The van der Waals surface area contributed by atoms with Gasteiger partial charge in [0.25, 0.3) is 10.0 Å². The third-order valence-electron chi connectivity index (χ3n) is 2.55. The molecule has 104 valence electrons. The average molecular weight is 291 g/mol. The van der Waals surface area contributed by atoms with E-state index in [4.69, 9.17) is 5.11 Å². The summed E-state index contributed by atoms with van der Waals surface area (Å²) in [6, 6.07) is 6.36. The maximum Gasteiger partial charge on any atom is 0.278 e. The molecule has 0 fully saturated rings. The summed E-state index contributed by atoms with van der Waals surface area (Å²) < 4.78 is 26.4. The smallest absolute Gasteiger partial charge is 0.278 e. The van der Waals surface area contributed by atoms with Crippen LogP contribution < -0.4 is 4.72 Å². The van der Waals surface area contributed by atoms with E-state index in [9.17, 15) is 8.42 Å². The molecule has 3 N–H and O–H groups in total. The molecule has 0 aliphatic heterocycles. The minimum atomic E-state index is -3.66. The van der Waals surface area contributed by atoms with Crippen LogP contribution in [0.3, 0.4) is 0 Å². The molecule has 0 saturated heterocycles. The quantitative estimate of drug-likeness (QED) is 0.731. The Labute approximate surface area is 116 Å². The zero-order valence-corrected chi connectivity index (χ0v) is 11.5. The van der Waals surface area contributed by atoms with Crippen molar-refractivity contribution in [1.82, 2.24) is 10.2 Å². The summed E-state index contributed by atoms with van der Waals surface area (Å²) >= 11 is 0. The number of H-pyrrole nitrogens is 1. The molecule has 0 aliphatic rings.